The maximum absolute atomic E-state index is 11.8. The third-order valence-electron chi connectivity index (χ3n) is 2.57. The zero-order chi connectivity index (χ0) is 18.3. The van der Waals surface area contributed by atoms with Crippen LogP contribution in [-0.4, -0.2) is 46.6 Å². The predicted octanol–water partition coefficient (Wildman–Crippen LogP) is 2.33. The van der Waals surface area contributed by atoms with Crippen LogP contribution in [0.5, 0.6) is 0 Å². The van der Waals surface area contributed by atoms with E-state index in [4.69, 9.17) is 50.0 Å². The lowest BCUT2D eigenvalue weighted by Crippen LogP contribution is -2.40. The van der Waals surface area contributed by atoms with E-state index in [0.29, 0.717) is 19.4 Å². The number of hydrogen-bond acceptors (Lipinski definition) is 5. The number of rotatable bonds is 8. The van der Waals surface area contributed by atoms with Gasteiger partial charge >= 0.3 is 5.97 Å². The Bertz CT molecular complexity index is 394. The number of amides is 1. The van der Waals surface area contributed by atoms with Gasteiger partial charge in [0.1, 0.15) is 18.8 Å². The van der Waals surface area contributed by atoms with E-state index >= 15 is 0 Å². The second kappa shape index (κ2) is 9.89. The normalized spacial score (nSPS) is 15.0. The number of hydrogen-bond donors (Lipinski definition) is 2. The van der Waals surface area contributed by atoms with Crippen LogP contribution in [0.25, 0.3) is 0 Å². The third kappa shape index (κ3) is 12.8. The smallest absolute Gasteiger partial charge is 0.323 e. The average Bonchev–Trinajstić information content (AvgIpc) is 2.37. The molecule has 2 unspecified atom stereocenters. The summed E-state index contributed by atoms with van der Waals surface area (Å²) in [6.45, 7) is 7.32. The number of nitrogens with two attached hydrogens (primary N) is 1. The number of halogens is 3. The highest BCUT2D eigenvalue weighted by atomic mass is 35.6. The maximum atomic E-state index is 11.8. The summed E-state index contributed by atoms with van der Waals surface area (Å²) in [7, 11) is 0. The molecule has 0 aliphatic carbocycles. The Morgan fingerprint density at radius 3 is 2.26 bits per heavy atom. The average molecular weight is 392 g/mol. The first kappa shape index (κ1) is 22.7. The van der Waals surface area contributed by atoms with Crippen LogP contribution >= 0.6 is 34.8 Å². The highest BCUT2D eigenvalue weighted by Gasteiger charge is 2.24. The highest BCUT2D eigenvalue weighted by Crippen LogP contribution is 2.26. The monoisotopic (exact) mass is 390 g/mol. The Kier molecular flexibility index (Phi) is 9.77. The first-order valence-electron chi connectivity index (χ1n) is 7.26. The van der Waals surface area contributed by atoms with Crippen molar-refractivity contribution in [2.24, 2.45) is 5.73 Å². The second-order valence-corrected chi connectivity index (χ2v) is 8.65. The summed E-state index contributed by atoms with van der Waals surface area (Å²) in [4.78, 5) is 23.4. The zero-order valence-corrected chi connectivity index (χ0v) is 16.1. The Morgan fingerprint density at radius 2 is 1.78 bits per heavy atom. The molecule has 136 valence electrons. The van der Waals surface area contributed by atoms with E-state index in [-0.39, 0.29) is 12.5 Å². The Hall–Kier alpha value is -0.270. The van der Waals surface area contributed by atoms with E-state index in [2.05, 4.69) is 5.32 Å². The maximum Gasteiger partial charge on any atom is 0.323 e. The van der Waals surface area contributed by atoms with Crippen LogP contribution in [0.3, 0.4) is 0 Å². The molecule has 0 spiro atoms. The summed E-state index contributed by atoms with van der Waals surface area (Å²) in [5.74, 6) is -0.862. The minimum atomic E-state index is -1.66. The van der Waals surface area contributed by atoms with Crippen LogP contribution < -0.4 is 11.1 Å². The molecule has 0 saturated carbocycles. The van der Waals surface area contributed by atoms with Crippen molar-refractivity contribution in [3.63, 3.8) is 0 Å². The van der Waals surface area contributed by atoms with Gasteiger partial charge in [0, 0.05) is 6.54 Å². The van der Waals surface area contributed by atoms with Gasteiger partial charge in [0.25, 0.3) is 0 Å². The molecule has 0 aliphatic rings. The van der Waals surface area contributed by atoms with Crippen LogP contribution in [0.4, 0.5) is 0 Å². The van der Waals surface area contributed by atoms with E-state index in [1.54, 1.807) is 6.92 Å². The predicted molar refractivity (Wildman–Crippen MR) is 91.8 cm³/mol. The Balaban J connectivity index is 3.94. The van der Waals surface area contributed by atoms with Crippen molar-refractivity contribution in [2.45, 2.75) is 62.1 Å². The fourth-order valence-corrected chi connectivity index (χ4v) is 1.80. The van der Waals surface area contributed by atoms with Crippen molar-refractivity contribution in [3.8, 4) is 0 Å². The molecule has 0 aliphatic heterocycles. The molecular weight excluding hydrogens is 367 g/mol. The summed E-state index contributed by atoms with van der Waals surface area (Å²) in [5, 5.41) is 2.72. The molecule has 1 amide bonds. The number of alkyl halides is 3. The zero-order valence-electron chi connectivity index (χ0n) is 13.8. The van der Waals surface area contributed by atoms with Gasteiger partial charge in [-0.05, 0) is 40.5 Å². The quantitative estimate of drug-likeness (QED) is 0.376. The molecule has 0 radical (unpaired) electrons. The van der Waals surface area contributed by atoms with E-state index in [1.165, 1.54) is 0 Å². The van der Waals surface area contributed by atoms with Gasteiger partial charge in [-0.1, -0.05) is 34.8 Å². The fraction of sp³-hybridized carbons (Fsp3) is 0.857. The lowest BCUT2D eigenvalue weighted by atomic mass is 10.1. The van der Waals surface area contributed by atoms with Crippen LogP contribution in [0.1, 0.15) is 40.5 Å². The largest absolute Gasteiger partial charge is 0.460 e. The molecule has 0 rings (SSSR count). The van der Waals surface area contributed by atoms with Gasteiger partial charge in [-0.3, -0.25) is 9.59 Å². The number of carbonyl (C=O) groups excluding carboxylic acids is 2. The number of nitrogens with one attached hydrogen (secondary N) is 1. The molecule has 0 bridgehead atoms. The molecule has 0 fully saturated rings. The highest BCUT2D eigenvalue weighted by molar-refractivity contribution is 6.67. The number of ether oxygens (including phenoxy) is 2. The summed E-state index contributed by atoms with van der Waals surface area (Å²) in [6.07, 6.45) is 0.295. The molecule has 9 heteroatoms. The first-order chi connectivity index (χ1) is 10.3. The molecule has 2 atom stereocenters. The van der Waals surface area contributed by atoms with Gasteiger partial charge in [-0.2, -0.15) is 0 Å². The summed E-state index contributed by atoms with van der Waals surface area (Å²) >= 11 is 16.4. The summed E-state index contributed by atoms with van der Waals surface area (Å²) < 4.78 is 8.64. The SMILES string of the molecule is CC(OC(C)(C)C)C(=O)NCCCC(N)C(=O)OCC(Cl)(Cl)Cl. The lowest BCUT2D eigenvalue weighted by molar-refractivity contribution is -0.145. The first-order valence-corrected chi connectivity index (χ1v) is 8.40. The van der Waals surface area contributed by atoms with E-state index < -0.39 is 27.5 Å². The minimum Gasteiger partial charge on any atom is -0.460 e. The lowest BCUT2D eigenvalue weighted by Gasteiger charge is -2.24. The second-order valence-electron chi connectivity index (χ2n) is 6.14. The standard InChI is InChI=1S/C14H25Cl3N2O4/c1-9(23-13(2,3)4)11(20)19-7-5-6-10(18)12(21)22-8-14(15,16)17/h9-10H,5-8,18H2,1-4H3,(H,19,20). The van der Waals surface area contributed by atoms with Gasteiger partial charge in [0.2, 0.25) is 9.70 Å². The molecule has 6 nitrogen and oxygen atoms in total. The van der Waals surface area contributed by atoms with Gasteiger partial charge in [-0.25, -0.2) is 0 Å². The van der Waals surface area contributed by atoms with Gasteiger partial charge in [0.15, 0.2) is 0 Å². The molecule has 0 aromatic carbocycles. The molecule has 3 N–H and O–H groups in total. The Labute approximate surface area is 152 Å². The molecule has 0 aromatic heterocycles. The summed E-state index contributed by atoms with van der Waals surface area (Å²) in [6, 6.07) is -0.831. The van der Waals surface area contributed by atoms with Crippen LogP contribution in [0, 0.1) is 0 Å². The molecular formula is C14H25Cl3N2O4. The van der Waals surface area contributed by atoms with Crippen molar-refractivity contribution >= 4 is 46.7 Å². The van der Waals surface area contributed by atoms with E-state index in [0.717, 1.165) is 0 Å². The molecule has 0 aromatic rings. The van der Waals surface area contributed by atoms with E-state index in [1.807, 2.05) is 20.8 Å². The molecule has 23 heavy (non-hydrogen) atoms. The van der Waals surface area contributed by atoms with Gasteiger partial charge < -0.3 is 20.5 Å². The fourth-order valence-electron chi connectivity index (χ4n) is 1.64. The molecule has 0 saturated heterocycles. The van der Waals surface area contributed by atoms with E-state index in [9.17, 15) is 9.59 Å². The third-order valence-corrected chi connectivity index (χ3v) is 2.90. The Morgan fingerprint density at radius 1 is 1.22 bits per heavy atom. The number of carbonyl (C=O) groups is 2. The van der Waals surface area contributed by atoms with Gasteiger partial charge in [0.05, 0.1) is 5.60 Å². The van der Waals surface area contributed by atoms with Crippen LogP contribution in [0.15, 0.2) is 0 Å². The van der Waals surface area contributed by atoms with Crippen molar-refractivity contribution in [3.05, 3.63) is 0 Å². The van der Waals surface area contributed by atoms with Crippen LogP contribution in [0.2, 0.25) is 0 Å². The van der Waals surface area contributed by atoms with Crippen molar-refractivity contribution in [1.29, 1.82) is 0 Å². The number of esters is 1. The van der Waals surface area contributed by atoms with Crippen LogP contribution in [-0.2, 0) is 19.1 Å². The van der Waals surface area contributed by atoms with Gasteiger partial charge in [-0.15, -0.1) is 0 Å². The topological polar surface area (TPSA) is 90.6 Å². The van der Waals surface area contributed by atoms with Crippen molar-refractivity contribution < 1.29 is 19.1 Å². The molecule has 0 heterocycles. The minimum absolute atomic E-state index is 0.215. The van der Waals surface area contributed by atoms with Crippen molar-refractivity contribution in [2.75, 3.05) is 13.2 Å². The summed E-state index contributed by atoms with van der Waals surface area (Å²) in [5.41, 5.74) is 5.27. The van der Waals surface area contributed by atoms with Crippen molar-refractivity contribution in [1.82, 2.24) is 5.32 Å².